The summed E-state index contributed by atoms with van der Waals surface area (Å²) >= 11 is 0. The summed E-state index contributed by atoms with van der Waals surface area (Å²) in [6, 6.07) is 3.92. The molecule has 7 heteroatoms. The zero-order chi connectivity index (χ0) is 18.8. The number of rotatable bonds is 10. The summed E-state index contributed by atoms with van der Waals surface area (Å²) in [6.45, 7) is 4.89. The van der Waals surface area contributed by atoms with Gasteiger partial charge in [-0.15, -0.1) is 6.58 Å². The Morgan fingerprint density at radius 3 is 2.36 bits per heavy atom. The van der Waals surface area contributed by atoms with E-state index in [0.29, 0.717) is 24.8 Å². The van der Waals surface area contributed by atoms with Crippen LogP contribution in [0.15, 0.2) is 36.9 Å². The number of allylic oxidation sites excluding steroid dienone is 1. The predicted molar refractivity (Wildman–Crippen MR) is 92.9 cm³/mol. The number of nitrogens with one attached hydrogen (secondary N) is 2. The monoisotopic (exact) mass is 349 g/mol. The number of primary amides is 1. The highest BCUT2D eigenvalue weighted by Gasteiger charge is 2.25. The number of amides is 3. The molecule has 0 aliphatic rings. The molecule has 0 bridgehead atoms. The molecule has 0 saturated carbocycles. The maximum absolute atomic E-state index is 13.0. The normalized spacial score (nSPS) is 12.7. The van der Waals surface area contributed by atoms with Crippen molar-refractivity contribution in [3.05, 3.63) is 48.3 Å². The second-order valence-corrected chi connectivity index (χ2v) is 5.77. The zero-order valence-corrected chi connectivity index (χ0v) is 14.3. The summed E-state index contributed by atoms with van der Waals surface area (Å²) in [5.74, 6) is -1.92. The van der Waals surface area contributed by atoms with Crippen molar-refractivity contribution in [3.63, 3.8) is 0 Å². The molecule has 2 atom stereocenters. The van der Waals surface area contributed by atoms with Crippen molar-refractivity contribution >= 4 is 17.7 Å². The van der Waals surface area contributed by atoms with Crippen molar-refractivity contribution in [2.24, 2.45) is 5.73 Å². The Labute approximate surface area is 146 Å². The van der Waals surface area contributed by atoms with Gasteiger partial charge in [-0.2, -0.15) is 0 Å². The van der Waals surface area contributed by atoms with Crippen LogP contribution in [0, 0.1) is 5.82 Å². The molecule has 0 heterocycles. The molecule has 25 heavy (non-hydrogen) atoms. The number of halogens is 1. The molecule has 0 unspecified atom stereocenters. The molecule has 0 spiro atoms. The third-order valence-electron chi connectivity index (χ3n) is 3.61. The topological polar surface area (TPSA) is 101 Å². The van der Waals surface area contributed by atoms with Crippen molar-refractivity contribution in [1.82, 2.24) is 10.6 Å². The standard InChI is InChI=1S/C18H24FN3O3/c1-3-4-5-6-15(17(20)24)22-18(25)16(21-12(2)23)11-13-7-9-14(19)10-8-13/h3,7-10,15-16H,1,4-6,11H2,2H3,(H2,20,24)(H,21,23)(H,22,25)/t15-,16+/m0/s1. The lowest BCUT2D eigenvalue weighted by atomic mass is 10.0. The average molecular weight is 349 g/mol. The van der Waals surface area contributed by atoms with Gasteiger partial charge >= 0.3 is 0 Å². The van der Waals surface area contributed by atoms with Gasteiger partial charge in [0.15, 0.2) is 0 Å². The third kappa shape index (κ3) is 7.60. The van der Waals surface area contributed by atoms with Crippen LogP contribution in [0.2, 0.25) is 0 Å². The number of unbranched alkanes of at least 4 members (excludes halogenated alkanes) is 1. The fourth-order valence-corrected chi connectivity index (χ4v) is 2.34. The number of hydrogen-bond acceptors (Lipinski definition) is 3. The van der Waals surface area contributed by atoms with Crippen molar-refractivity contribution < 1.29 is 18.8 Å². The Hall–Kier alpha value is -2.70. The number of benzene rings is 1. The SMILES string of the molecule is C=CCCC[C@H](NC(=O)[C@@H](Cc1ccc(F)cc1)NC(C)=O)C(N)=O. The molecule has 136 valence electrons. The minimum Gasteiger partial charge on any atom is -0.368 e. The summed E-state index contributed by atoms with van der Waals surface area (Å²) in [6.07, 6.45) is 3.62. The van der Waals surface area contributed by atoms with Crippen LogP contribution >= 0.6 is 0 Å². The molecule has 1 aromatic rings. The molecule has 0 aliphatic heterocycles. The Morgan fingerprint density at radius 1 is 1.20 bits per heavy atom. The van der Waals surface area contributed by atoms with Gasteiger partial charge in [0, 0.05) is 13.3 Å². The Balaban J connectivity index is 2.79. The molecule has 0 aromatic heterocycles. The van der Waals surface area contributed by atoms with E-state index >= 15 is 0 Å². The summed E-state index contributed by atoms with van der Waals surface area (Å²) < 4.78 is 13.0. The molecule has 4 N–H and O–H groups in total. The van der Waals surface area contributed by atoms with E-state index in [1.165, 1.54) is 31.2 Å². The van der Waals surface area contributed by atoms with Crippen molar-refractivity contribution in [1.29, 1.82) is 0 Å². The molecule has 0 saturated heterocycles. The Morgan fingerprint density at radius 2 is 1.84 bits per heavy atom. The highest BCUT2D eigenvalue weighted by molar-refractivity contribution is 5.91. The summed E-state index contributed by atoms with van der Waals surface area (Å²) in [5.41, 5.74) is 6.01. The minimum atomic E-state index is -0.885. The highest BCUT2D eigenvalue weighted by atomic mass is 19.1. The van der Waals surface area contributed by atoms with Gasteiger partial charge in [-0.05, 0) is 37.0 Å². The van der Waals surface area contributed by atoms with Gasteiger partial charge in [0.1, 0.15) is 17.9 Å². The summed E-state index contributed by atoms with van der Waals surface area (Å²) in [4.78, 5) is 35.4. The first-order valence-electron chi connectivity index (χ1n) is 8.05. The van der Waals surface area contributed by atoms with E-state index in [4.69, 9.17) is 5.73 Å². The van der Waals surface area contributed by atoms with Gasteiger partial charge in [-0.25, -0.2) is 4.39 Å². The predicted octanol–water partition coefficient (Wildman–Crippen LogP) is 1.20. The zero-order valence-electron chi connectivity index (χ0n) is 14.3. The second kappa shape index (κ2) is 10.2. The van der Waals surface area contributed by atoms with Crippen molar-refractivity contribution in [2.45, 2.75) is 44.7 Å². The van der Waals surface area contributed by atoms with E-state index < -0.39 is 23.9 Å². The fraction of sp³-hybridized carbons (Fsp3) is 0.389. The number of hydrogen-bond donors (Lipinski definition) is 3. The summed E-state index contributed by atoms with van der Waals surface area (Å²) in [7, 11) is 0. The lowest BCUT2D eigenvalue weighted by molar-refractivity contribution is -0.130. The number of nitrogens with two attached hydrogens (primary N) is 1. The van der Waals surface area contributed by atoms with Crippen LogP contribution in [0.25, 0.3) is 0 Å². The largest absolute Gasteiger partial charge is 0.368 e. The number of carbonyl (C=O) groups excluding carboxylic acids is 3. The van der Waals surface area contributed by atoms with Gasteiger partial charge in [0.05, 0.1) is 0 Å². The third-order valence-corrected chi connectivity index (χ3v) is 3.61. The molecule has 0 radical (unpaired) electrons. The maximum atomic E-state index is 13.0. The average Bonchev–Trinajstić information content (AvgIpc) is 2.54. The van der Waals surface area contributed by atoms with E-state index in [9.17, 15) is 18.8 Å². The van der Waals surface area contributed by atoms with Gasteiger partial charge in [0.25, 0.3) is 0 Å². The summed E-state index contributed by atoms with van der Waals surface area (Å²) in [5, 5.41) is 5.12. The smallest absolute Gasteiger partial charge is 0.243 e. The number of carbonyl (C=O) groups is 3. The minimum absolute atomic E-state index is 0.170. The van der Waals surface area contributed by atoms with Crippen LogP contribution in [-0.4, -0.2) is 29.8 Å². The Kier molecular flexibility index (Phi) is 8.32. The molecular weight excluding hydrogens is 325 g/mol. The van der Waals surface area contributed by atoms with Gasteiger partial charge < -0.3 is 16.4 Å². The highest BCUT2D eigenvalue weighted by Crippen LogP contribution is 2.08. The van der Waals surface area contributed by atoms with Crippen LogP contribution in [0.5, 0.6) is 0 Å². The van der Waals surface area contributed by atoms with Crippen LogP contribution in [0.1, 0.15) is 31.7 Å². The van der Waals surface area contributed by atoms with Crippen molar-refractivity contribution in [3.8, 4) is 0 Å². The second-order valence-electron chi connectivity index (χ2n) is 5.77. The van der Waals surface area contributed by atoms with E-state index in [0.717, 1.165) is 0 Å². The van der Waals surface area contributed by atoms with Crippen LogP contribution in [0.4, 0.5) is 4.39 Å². The first-order chi connectivity index (χ1) is 11.8. The molecule has 3 amide bonds. The van der Waals surface area contributed by atoms with Crippen LogP contribution in [0.3, 0.4) is 0 Å². The van der Waals surface area contributed by atoms with Gasteiger partial charge in [0.2, 0.25) is 17.7 Å². The Bertz CT molecular complexity index is 616. The lowest BCUT2D eigenvalue weighted by Crippen LogP contribution is -2.53. The fourth-order valence-electron chi connectivity index (χ4n) is 2.34. The molecular formula is C18H24FN3O3. The lowest BCUT2D eigenvalue weighted by Gasteiger charge is -2.21. The van der Waals surface area contributed by atoms with Gasteiger partial charge in [-0.1, -0.05) is 18.2 Å². The molecule has 0 aliphatic carbocycles. The van der Waals surface area contributed by atoms with E-state index in [1.54, 1.807) is 6.08 Å². The van der Waals surface area contributed by atoms with E-state index in [-0.39, 0.29) is 18.1 Å². The molecule has 1 rings (SSSR count). The first-order valence-corrected chi connectivity index (χ1v) is 8.05. The van der Waals surface area contributed by atoms with Crippen molar-refractivity contribution in [2.75, 3.05) is 0 Å². The van der Waals surface area contributed by atoms with Gasteiger partial charge in [-0.3, -0.25) is 14.4 Å². The quantitative estimate of drug-likeness (QED) is 0.437. The first kappa shape index (κ1) is 20.3. The maximum Gasteiger partial charge on any atom is 0.243 e. The molecule has 1 aromatic carbocycles. The van der Waals surface area contributed by atoms with E-state index in [1.807, 2.05) is 0 Å². The van der Waals surface area contributed by atoms with Crippen LogP contribution < -0.4 is 16.4 Å². The van der Waals surface area contributed by atoms with Crippen LogP contribution in [-0.2, 0) is 20.8 Å². The van der Waals surface area contributed by atoms with E-state index in [2.05, 4.69) is 17.2 Å². The molecule has 0 fully saturated rings. The molecule has 6 nitrogen and oxygen atoms in total.